The van der Waals surface area contributed by atoms with Gasteiger partial charge in [0.25, 0.3) is 0 Å². The molecule has 0 aromatic heterocycles. The second kappa shape index (κ2) is 8.80. The Morgan fingerprint density at radius 1 is 0.769 bits per heavy atom. The van der Waals surface area contributed by atoms with Crippen LogP contribution in [0.3, 0.4) is 0 Å². The van der Waals surface area contributed by atoms with Crippen molar-refractivity contribution in [3.8, 4) is 28.7 Å². The predicted molar refractivity (Wildman–Crippen MR) is 99.0 cm³/mol. The molecular formula is C20H22O6. The second-order valence-corrected chi connectivity index (χ2v) is 5.22. The average molecular weight is 358 g/mol. The van der Waals surface area contributed by atoms with Gasteiger partial charge in [0.05, 0.1) is 41.1 Å². The summed E-state index contributed by atoms with van der Waals surface area (Å²) in [5, 5.41) is 0. The van der Waals surface area contributed by atoms with Crippen LogP contribution in [0.2, 0.25) is 0 Å². The fourth-order valence-corrected chi connectivity index (χ4v) is 2.47. The molecule has 0 fully saturated rings. The van der Waals surface area contributed by atoms with E-state index in [9.17, 15) is 4.79 Å². The molecule has 6 heteroatoms. The van der Waals surface area contributed by atoms with Gasteiger partial charge in [-0.05, 0) is 42.0 Å². The fourth-order valence-electron chi connectivity index (χ4n) is 2.47. The predicted octanol–water partition coefficient (Wildman–Crippen LogP) is 3.63. The number of carbonyl (C=O) groups excluding carboxylic acids is 1. The Labute approximate surface area is 152 Å². The van der Waals surface area contributed by atoms with Gasteiger partial charge in [-0.15, -0.1) is 0 Å². The summed E-state index contributed by atoms with van der Waals surface area (Å²) in [6, 6.07) is 8.58. The van der Waals surface area contributed by atoms with Crippen molar-refractivity contribution in [3.05, 3.63) is 47.5 Å². The highest BCUT2D eigenvalue weighted by molar-refractivity contribution is 6.09. The van der Waals surface area contributed by atoms with E-state index in [4.69, 9.17) is 23.7 Å². The zero-order valence-electron chi connectivity index (χ0n) is 15.5. The zero-order chi connectivity index (χ0) is 19.1. The van der Waals surface area contributed by atoms with Gasteiger partial charge < -0.3 is 23.7 Å². The van der Waals surface area contributed by atoms with E-state index in [-0.39, 0.29) is 5.78 Å². The highest BCUT2D eigenvalue weighted by Gasteiger charge is 2.14. The van der Waals surface area contributed by atoms with Gasteiger partial charge >= 0.3 is 0 Å². The number of ketones is 1. The van der Waals surface area contributed by atoms with Crippen LogP contribution < -0.4 is 23.7 Å². The van der Waals surface area contributed by atoms with Crippen LogP contribution in [0.5, 0.6) is 28.7 Å². The molecule has 0 N–H and O–H groups in total. The Hall–Kier alpha value is -3.15. The molecule has 0 saturated carbocycles. The van der Waals surface area contributed by atoms with Crippen LogP contribution in [-0.2, 0) is 0 Å². The van der Waals surface area contributed by atoms with E-state index in [0.29, 0.717) is 34.3 Å². The van der Waals surface area contributed by atoms with Crippen molar-refractivity contribution >= 4 is 11.9 Å². The Kier molecular flexibility index (Phi) is 6.49. The topological polar surface area (TPSA) is 63.2 Å². The van der Waals surface area contributed by atoms with Crippen LogP contribution in [0.25, 0.3) is 6.08 Å². The van der Waals surface area contributed by atoms with E-state index < -0.39 is 0 Å². The van der Waals surface area contributed by atoms with Crippen molar-refractivity contribution in [2.75, 3.05) is 35.5 Å². The van der Waals surface area contributed by atoms with E-state index in [1.165, 1.54) is 34.5 Å². The van der Waals surface area contributed by atoms with E-state index in [0.717, 1.165) is 5.56 Å². The monoisotopic (exact) mass is 358 g/mol. The molecule has 0 aliphatic heterocycles. The third-order valence-electron chi connectivity index (χ3n) is 3.79. The minimum Gasteiger partial charge on any atom is -0.497 e. The number of ether oxygens (including phenoxy) is 5. The van der Waals surface area contributed by atoms with Crippen molar-refractivity contribution in [2.24, 2.45) is 0 Å². The molecule has 2 rings (SSSR count). The minimum absolute atomic E-state index is 0.213. The van der Waals surface area contributed by atoms with Crippen molar-refractivity contribution in [1.82, 2.24) is 0 Å². The molecular weight excluding hydrogens is 336 g/mol. The number of hydrogen-bond acceptors (Lipinski definition) is 6. The molecule has 0 aliphatic carbocycles. The molecule has 0 radical (unpaired) electrons. The molecule has 138 valence electrons. The van der Waals surface area contributed by atoms with Gasteiger partial charge in [-0.3, -0.25) is 4.79 Å². The molecule has 6 nitrogen and oxygen atoms in total. The fraction of sp³-hybridized carbons (Fsp3) is 0.250. The number of carbonyl (C=O) groups is 1. The lowest BCUT2D eigenvalue weighted by atomic mass is 10.1. The normalized spacial score (nSPS) is 10.5. The maximum absolute atomic E-state index is 12.6. The Balaban J connectivity index is 2.36. The van der Waals surface area contributed by atoms with E-state index in [1.807, 2.05) is 0 Å². The molecule has 2 aromatic rings. The lowest BCUT2D eigenvalue weighted by molar-refractivity contribution is 0.104. The van der Waals surface area contributed by atoms with Gasteiger partial charge in [0.15, 0.2) is 17.3 Å². The summed E-state index contributed by atoms with van der Waals surface area (Å²) in [5.74, 6) is 2.36. The van der Waals surface area contributed by atoms with Gasteiger partial charge in [0.2, 0.25) is 5.75 Å². The van der Waals surface area contributed by atoms with E-state index in [1.54, 1.807) is 43.5 Å². The van der Waals surface area contributed by atoms with E-state index in [2.05, 4.69) is 0 Å². The third kappa shape index (κ3) is 4.08. The Bertz CT molecular complexity index is 785. The Morgan fingerprint density at radius 3 is 1.88 bits per heavy atom. The molecule has 26 heavy (non-hydrogen) atoms. The highest BCUT2D eigenvalue weighted by Crippen LogP contribution is 2.38. The largest absolute Gasteiger partial charge is 0.497 e. The molecule has 0 aliphatic rings. The lowest BCUT2D eigenvalue weighted by Gasteiger charge is -2.12. The first kappa shape index (κ1) is 19.2. The van der Waals surface area contributed by atoms with E-state index >= 15 is 0 Å². The second-order valence-electron chi connectivity index (χ2n) is 5.22. The van der Waals surface area contributed by atoms with Crippen LogP contribution in [0.1, 0.15) is 15.9 Å². The minimum atomic E-state index is -0.213. The van der Waals surface area contributed by atoms with Gasteiger partial charge in [-0.25, -0.2) is 0 Å². The van der Waals surface area contributed by atoms with Crippen LogP contribution in [0, 0.1) is 0 Å². The smallest absolute Gasteiger partial charge is 0.203 e. The van der Waals surface area contributed by atoms with Crippen molar-refractivity contribution in [3.63, 3.8) is 0 Å². The zero-order valence-corrected chi connectivity index (χ0v) is 15.5. The highest BCUT2D eigenvalue weighted by atomic mass is 16.5. The molecule has 0 atom stereocenters. The molecule has 0 saturated heterocycles. The molecule has 0 amide bonds. The molecule has 0 unspecified atom stereocenters. The SMILES string of the molecule is COc1ccc(OC)c(C(=O)C=Cc2cc(OC)c(OC)c(OC)c2)c1. The third-order valence-corrected chi connectivity index (χ3v) is 3.79. The summed E-state index contributed by atoms with van der Waals surface area (Å²) in [7, 11) is 7.67. The first-order chi connectivity index (χ1) is 12.6. The number of allylic oxidation sites excluding steroid dienone is 1. The average Bonchev–Trinajstić information content (AvgIpc) is 2.70. The van der Waals surface area contributed by atoms with Gasteiger partial charge in [-0.2, -0.15) is 0 Å². The quantitative estimate of drug-likeness (QED) is 0.530. The Morgan fingerprint density at radius 2 is 1.38 bits per heavy atom. The summed E-state index contributed by atoms with van der Waals surface area (Å²) in [6.45, 7) is 0. The van der Waals surface area contributed by atoms with Crippen molar-refractivity contribution in [1.29, 1.82) is 0 Å². The maximum Gasteiger partial charge on any atom is 0.203 e. The van der Waals surface area contributed by atoms with Crippen LogP contribution in [0.15, 0.2) is 36.4 Å². The van der Waals surface area contributed by atoms with Gasteiger partial charge in [0.1, 0.15) is 11.5 Å². The number of hydrogen-bond donors (Lipinski definition) is 0. The van der Waals surface area contributed by atoms with Crippen LogP contribution in [-0.4, -0.2) is 41.3 Å². The van der Waals surface area contributed by atoms with Crippen molar-refractivity contribution in [2.45, 2.75) is 0 Å². The summed E-state index contributed by atoms with van der Waals surface area (Å²) in [4.78, 5) is 12.6. The van der Waals surface area contributed by atoms with Crippen LogP contribution >= 0.6 is 0 Å². The van der Waals surface area contributed by atoms with Crippen LogP contribution in [0.4, 0.5) is 0 Å². The van der Waals surface area contributed by atoms with Crippen molar-refractivity contribution < 1.29 is 28.5 Å². The van der Waals surface area contributed by atoms with Gasteiger partial charge in [0, 0.05) is 0 Å². The first-order valence-electron chi connectivity index (χ1n) is 7.82. The number of methoxy groups -OCH3 is 5. The van der Waals surface area contributed by atoms with Gasteiger partial charge in [-0.1, -0.05) is 6.08 Å². The number of rotatable bonds is 8. The summed E-state index contributed by atoms with van der Waals surface area (Å²) in [6.07, 6.45) is 3.13. The number of benzene rings is 2. The summed E-state index contributed by atoms with van der Waals surface area (Å²) >= 11 is 0. The lowest BCUT2D eigenvalue weighted by Crippen LogP contribution is -2.00. The summed E-state index contributed by atoms with van der Waals surface area (Å²) < 4.78 is 26.4. The standard InChI is InChI=1S/C20H22O6/c1-22-14-7-9-17(23-2)15(12-14)16(21)8-6-13-10-18(24-3)20(26-5)19(11-13)25-4/h6-12H,1-5H3. The maximum atomic E-state index is 12.6. The summed E-state index contributed by atoms with van der Waals surface area (Å²) in [5.41, 5.74) is 1.14. The molecule has 0 spiro atoms. The first-order valence-corrected chi connectivity index (χ1v) is 7.82. The molecule has 0 bridgehead atoms. The molecule has 0 heterocycles. The molecule has 2 aromatic carbocycles.